The quantitative estimate of drug-likeness (QED) is 0.380. The van der Waals surface area contributed by atoms with Gasteiger partial charge in [-0.2, -0.15) is 0 Å². The van der Waals surface area contributed by atoms with Crippen LogP contribution >= 0.6 is 0 Å². The number of aromatic nitrogens is 2. The van der Waals surface area contributed by atoms with Crippen molar-refractivity contribution in [2.75, 3.05) is 25.4 Å². The summed E-state index contributed by atoms with van der Waals surface area (Å²) in [6, 6.07) is 9.84. The molecule has 3 aromatic rings. The fraction of sp³-hybridized carbons (Fsp3) is 0.440. The first-order chi connectivity index (χ1) is 15.7. The Balaban J connectivity index is 0.000000479. The Morgan fingerprint density at radius 3 is 2.12 bits per heavy atom. The lowest BCUT2D eigenvalue weighted by Crippen LogP contribution is -3.11. The van der Waals surface area contributed by atoms with Crippen molar-refractivity contribution in [3.63, 3.8) is 0 Å². The summed E-state index contributed by atoms with van der Waals surface area (Å²) in [5.74, 6) is 0.869. The van der Waals surface area contributed by atoms with Gasteiger partial charge in [0.15, 0.2) is 18.2 Å². The molecule has 1 N–H and O–H groups in total. The van der Waals surface area contributed by atoms with Crippen molar-refractivity contribution < 1.29 is 26.9 Å². The van der Waals surface area contributed by atoms with Gasteiger partial charge in [0.1, 0.15) is 6.54 Å². The molecule has 180 valence electrons. The number of benzene rings is 1. The molecule has 0 radical (unpaired) electrons. The molecule has 33 heavy (non-hydrogen) atoms. The van der Waals surface area contributed by atoms with Crippen LogP contribution in [0.25, 0.3) is 22.8 Å². The van der Waals surface area contributed by atoms with Crippen molar-refractivity contribution in [1.82, 2.24) is 4.98 Å². The average Bonchev–Trinajstić information content (AvgIpc) is 3.27. The Labute approximate surface area is 197 Å². The van der Waals surface area contributed by atoms with Crippen LogP contribution in [0.1, 0.15) is 38.3 Å². The van der Waals surface area contributed by atoms with E-state index in [1.807, 2.05) is 35.2 Å². The molecule has 8 heteroatoms. The largest absolute Gasteiger partial charge is 0.748 e. The highest BCUT2D eigenvalue weighted by atomic mass is 32.2. The highest BCUT2D eigenvalue weighted by Crippen LogP contribution is 2.26. The summed E-state index contributed by atoms with van der Waals surface area (Å²) in [6.07, 6.45) is 5.62. The molecule has 2 heterocycles. The predicted molar refractivity (Wildman–Crippen MR) is 129 cm³/mol. The number of quaternary nitrogens is 1. The van der Waals surface area contributed by atoms with Gasteiger partial charge in [0.05, 0.1) is 35.9 Å². The maximum absolute atomic E-state index is 10.6. The normalized spacial score (nSPS) is 11.4. The van der Waals surface area contributed by atoms with Crippen LogP contribution in [0.3, 0.4) is 0 Å². The number of hydrogen-bond donors (Lipinski definition) is 1. The third-order valence-corrected chi connectivity index (χ3v) is 6.53. The van der Waals surface area contributed by atoms with Gasteiger partial charge in [0.2, 0.25) is 5.89 Å². The van der Waals surface area contributed by atoms with Crippen LogP contribution in [-0.2, 0) is 16.7 Å². The Morgan fingerprint density at radius 1 is 0.970 bits per heavy atom. The third-order valence-electron chi connectivity index (χ3n) is 5.75. The molecule has 0 spiro atoms. The van der Waals surface area contributed by atoms with Crippen molar-refractivity contribution in [2.45, 2.75) is 47.6 Å². The smallest absolute Gasteiger partial charge is 0.227 e. The predicted octanol–water partition coefficient (Wildman–Crippen LogP) is 2.78. The van der Waals surface area contributed by atoms with Crippen LogP contribution in [-0.4, -0.2) is 43.3 Å². The van der Waals surface area contributed by atoms with Crippen LogP contribution in [0, 0.1) is 13.8 Å². The van der Waals surface area contributed by atoms with Crippen LogP contribution in [0.15, 0.2) is 53.3 Å². The summed E-state index contributed by atoms with van der Waals surface area (Å²) in [4.78, 5) is 6.02. The molecule has 0 unspecified atom stereocenters. The zero-order valence-electron chi connectivity index (χ0n) is 20.3. The molecule has 7 nitrogen and oxygen atoms in total. The van der Waals surface area contributed by atoms with Gasteiger partial charge in [-0.1, -0.05) is 12.1 Å². The zero-order valence-corrected chi connectivity index (χ0v) is 21.1. The Hall–Kier alpha value is -2.55. The zero-order chi connectivity index (χ0) is 24.4. The van der Waals surface area contributed by atoms with Crippen molar-refractivity contribution in [2.24, 2.45) is 0 Å². The van der Waals surface area contributed by atoms with Crippen LogP contribution in [0.5, 0.6) is 0 Å². The maximum atomic E-state index is 10.6. The number of oxazole rings is 1. The van der Waals surface area contributed by atoms with E-state index in [4.69, 9.17) is 4.42 Å². The number of hydrogen-bond acceptors (Lipinski definition) is 5. The topological polar surface area (TPSA) is 91.5 Å². The average molecular weight is 475 g/mol. The van der Waals surface area contributed by atoms with E-state index in [-0.39, 0.29) is 12.2 Å². The van der Waals surface area contributed by atoms with Gasteiger partial charge in [-0.05, 0) is 51.8 Å². The van der Waals surface area contributed by atoms with Crippen LogP contribution in [0.2, 0.25) is 0 Å². The molecule has 0 aliphatic rings. The fourth-order valence-corrected chi connectivity index (χ4v) is 3.84. The Morgan fingerprint density at radius 2 is 1.61 bits per heavy atom. The first kappa shape index (κ1) is 26.7. The van der Waals surface area contributed by atoms with E-state index in [1.54, 1.807) is 11.1 Å². The lowest BCUT2D eigenvalue weighted by Gasteiger charge is -2.10. The molecule has 0 amide bonds. The van der Waals surface area contributed by atoms with Gasteiger partial charge >= 0.3 is 0 Å². The van der Waals surface area contributed by atoms with Gasteiger partial charge in [-0.25, -0.2) is 18.0 Å². The number of nitrogens with zero attached hydrogens (tertiary/aromatic N) is 2. The summed E-state index contributed by atoms with van der Waals surface area (Å²) in [7, 11) is -4.16. The van der Waals surface area contributed by atoms with E-state index in [1.165, 1.54) is 30.8 Å². The van der Waals surface area contributed by atoms with Gasteiger partial charge in [-0.3, -0.25) is 0 Å². The molecule has 0 saturated carbocycles. The van der Waals surface area contributed by atoms with Crippen molar-refractivity contribution >= 4 is 10.1 Å². The van der Waals surface area contributed by atoms with Crippen LogP contribution in [0.4, 0.5) is 0 Å². The summed E-state index contributed by atoms with van der Waals surface area (Å²) in [5, 5.41) is 0. The number of aryl methyl sites for hydroxylation is 3. The second-order valence-corrected chi connectivity index (χ2v) is 9.60. The van der Waals surface area contributed by atoms with Crippen molar-refractivity contribution in [3.05, 3.63) is 60.0 Å². The summed E-state index contributed by atoms with van der Waals surface area (Å²) >= 11 is 0. The number of rotatable bonds is 9. The minimum atomic E-state index is -4.16. The van der Waals surface area contributed by atoms with E-state index >= 15 is 0 Å². The SMILES string of the molecule is CC[NH+](CC)CC.Cc1ccc(-c2cnc(-c3cc[n+](CCCS(=O)(=O)[O-])cc3)o2)cc1C. The molecule has 0 saturated heterocycles. The minimum Gasteiger partial charge on any atom is -0.748 e. The van der Waals surface area contributed by atoms with Crippen molar-refractivity contribution in [3.8, 4) is 22.8 Å². The maximum Gasteiger partial charge on any atom is 0.227 e. The molecule has 0 fully saturated rings. The third kappa shape index (κ3) is 8.72. The second kappa shape index (κ2) is 12.6. The second-order valence-electron chi connectivity index (χ2n) is 8.08. The molecule has 2 aromatic heterocycles. The number of pyridine rings is 1. The van der Waals surface area contributed by atoms with E-state index in [9.17, 15) is 13.0 Å². The molecule has 0 aliphatic heterocycles. The summed E-state index contributed by atoms with van der Waals surface area (Å²) in [6.45, 7) is 15.1. The monoisotopic (exact) mass is 474 g/mol. The van der Waals surface area contributed by atoms with E-state index in [0.29, 0.717) is 18.2 Å². The number of nitrogens with one attached hydrogen (secondary N) is 1. The van der Waals surface area contributed by atoms with Gasteiger partial charge in [0, 0.05) is 35.4 Å². The Kier molecular flexibility index (Phi) is 10.2. The van der Waals surface area contributed by atoms with E-state index in [2.05, 4.69) is 51.7 Å². The van der Waals surface area contributed by atoms with E-state index in [0.717, 1.165) is 11.1 Å². The lowest BCUT2D eigenvalue weighted by molar-refractivity contribution is -0.894. The fourth-order valence-electron chi connectivity index (χ4n) is 3.36. The van der Waals surface area contributed by atoms with Gasteiger partial charge in [0.25, 0.3) is 0 Å². The summed E-state index contributed by atoms with van der Waals surface area (Å²) < 4.78 is 39.6. The molecular formula is C25H36N3O4S+. The summed E-state index contributed by atoms with van der Waals surface area (Å²) in [5.41, 5.74) is 4.23. The standard InChI is InChI=1S/C19H20N2O4S.C6H15N/c1-14-4-5-17(12-15(14)2)18-13-20-19(25-18)16-6-9-21(10-7-16)8-3-11-26(22,23)24;1-4-7(5-2)6-3/h4-7,9-10,12-13H,3,8,11H2,1-2H3;4-6H2,1-3H3/p+1. The molecule has 0 bridgehead atoms. The molecule has 0 atom stereocenters. The highest BCUT2D eigenvalue weighted by Gasteiger charge is 2.11. The Bertz CT molecular complexity index is 1100. The van der Waals surface area contributed by atoms with Gasteiger partial charge < -0.3 is 13.9 Å². The molecule has 1 aromatic carbocycles. The van der Waals surface area contributed by atoms with Crippen LogP contribution < -0.4 is 9.47 Å². The lowest BCUT2D eigenvalue weighted by atomic mass is 10.1. The highest BCUT2D eigenvalue weighted by molar-refractivity contribution is 7.85. The first-order valence-corrected chi connectivity index (χ1v) is 13.0. The minimum absolute atomic E-state index is 0.284. The van der Waals surface area contributed by atoms with Gasteiger partial charge in [-0.15, -0.1) is 0 Å². The molecule has 3 rings (SSSR count). The first-order valence-electron chi connectivity index (χ1n) is 11.5. The molecule has 0 aliphatic carbocycles. The molecular weight excluding hydrogens is 438 g/mol. The van der Waals surface area contributed by atoms with E-state index < -0.39 is 10.1 Å². The van der Waals surface area contributed by atoms with Crippen molar-refractivity contribution in [1.29, 1.82) is 0 Å².